The number of unbranched alkanes of at least 4 members (excludes halogenated alkanes) is 3. The summed E-state index contributed by atoms with van der Waals surface area (Å²) >= 11 is 0. The van der Waals surface area contributed by atoms with Crippen molar-refractivity contribution in [1.82, 2.24) is 0 Å². The Morgan fingerprint density at radius 1 is 1.04 bits per heavy atom. The van der Waals surface area contributed by atoms with E-state index in [-0.39, 0.29) is 5.75 Å². The average Bonchev–Trinajstić information content (AvgIpc) is 2.61. The fourth-order valence-electron chi connectivity index (χ4n) is 3.23. The van der Waals surface area contributed by atoms with Gasteiger partial charge in [0, 0.05) is 6.61 Å². The smallest absolute Gasteiger partial charge is 0.387 e. The van der Waals surface area contributed by atoms with Crippen molar-refractivity contribution in [2.45, 2.75) is 71.0 Å². The molecular weight excluding hydrogens is 322 g/mol. The van der Waals surface area contributed by atoms with E-state index >= 15 is 0 Å². The lowest BCUT2D eigenvalue weighted by molar-refractivity contribution is -0.0498. The van der Waals surface area contributed by atoms with Gasteiger partial charge in [0.05, 0.1) is 6.10 Å². The lowest BCUT2D eigenvalue weighted by Crippen LogP contribution is -2.21. The summed E-state index contributed by atoms with van der Waals surface area (Å²) in [6.07, 6.45) is 14.3. The predicted octanol–water partition coefficient (Wildman–Crippen LogP) is 6.46. The average molecular weight is 352 g/mol. The highest BCUT2D eigenvalue weighted by Gasteiger charge is 2.19. The Hall–Kier alpha value is -1.42. The van der Waals surface area contributed by atoms with E-state index in [1.807, 2.05) is 0 Å². The first kappa shape index (κ1) is 19.9. The van der Waals surface area contributed by atoms with Crippen molar-refractivity contribution in [1.29, 1.82) is 0 Å². The molecule has 0 saturated heterocycles. The van der Waals surface area contributed by atoms with Crippen LogP contribution in [0.5, 0.6) is 5.75 Å². The van der Waals surface area contributed by atoms with Crippen LogP contribution < -0.4 is 4.74 Å². The summed E-state index contributed by atoms with van der Waals surface area (Å²) in [5.41, 5.74) is 1.01. The van der Waals surface area contributed by atoms with Gasteiger partial charge in [0.1, 0.15) is 5.75 Å². The summed E-state index contributed by atoms with van der Waals surface area (Å²) in [4.78, 5) is 0. The second kappa shape index (κ2) is 11.2. The highest BCUT2D eigenvalue weighted by atomic mass is 19.3. The van der Waals surface area contributed by atoms with E-state index in [9.17, 15) is 8.78 Å². The van der Waals surface area contributed by atoms with Gasteiger partial charge in [-0.1, -0.05) is 50.5 Å². The third-order valence-electron chi connectivity index (χ3n) is 4.74. The van der Waals surface area contributed by atoms with E-state index in [0.717, 1.165) is 37.9 Å². The molecule has 1 fully saturated rings. The standard InChI is InChI=1S/C21H30F2O2/c1-2-3-4-5-16-24-19-12-8-17(9-13-19)6-7-18-10-14-20(15-11-18)25-21(22)23/h6-7,10-11,14-15,17,19,21H,2-5,8-9,12-13,16H2,1H3. The van der Waals surface area contributed by atoms with Crippen molar-refractivity contribution in [2.24, 2.45) is 5.92 Å². The topological polar surface area (TPSA) is 18.5 Å². The molecule has 1 aromatic carbocycles. The van der Waals surface area contributed by atoms with Gasteiger partial charge in [0.15, 0.2) is 0 Å². The second-order valence-electron chi connectivity index (χ2n) is 6.77. The third-order valence-corrected chi connectivity index (χ3v) is 4.74. The van der Waals surface area contributed by atoms with Crippen molar-refractivity contribution in [3.8, 4) is 5.75 Å². The molecule has 1 aliphatic rings. The number of benzene rings is 1. The van der Waals surface area contributed by atoms with Crippen molar-refractivity contribution < 1.29 is 18.3 Å². The quantitative estimate of drug-likeness (QED) is 0.450. The molecule has 0 atom stereocenters. The van der Waals surface area contributed by atoms with E-state index in [2.05, 4.69) is 23.8 Å². The summed E-state index contributed by atoms with van der Waals surface area (Å²) < 4.78 is 34.6. The molecule has 0 radical (unpaired) electrons. The molecule has 0 aromatic heterocycles. The van der Waals surface area contributed by atoms with Crippen molar-refractivity contribution in [2.75, 3.05) is 6.61 Å². The van der Waals surface area contributed by atoms with Crippen LogP contribution in [0, 0.1) is 5.92 Å². The zero-order valence-electron chi connectivity index (χ0n) is 15.1. The summed E-state index contributed by atoms with van der Waals surface area (Å²) in [7, 11) is 0. The van der Waals surface area contributed by atoms with Gasteiger partial charge < -0.3 is 9.47 Å². The Labute approximate surface area is 150 Å². The normalized spacial score (nSPS) is 21.1. The van der Waals surface area contributed by atoms with Crippen molar-refractivity contribution in [3.63, 3.8) is 0 Å². The van der Waals surface area contributed by atoms with Crippen LogP contribution in [0.2, 0.25) is 0 Å². The van der Waals surface area contributed by atoms with Gasteiger partial charge in [-0.25, -0.2) is 0 Å². The van der Waals surface area contributed by atoms with E-state index in [1.54, 1.807) is 24.3 Å². The fraction of sp³-hybridized carbons (Fsp3) is 0.619. The minimum atomic E-state index is -2.77. The van der Waals surface area contributed by atoms with E-state index in [4.69, 9.17) is 4.74 Å². The van der Waals surface area contributed by atoms with Crippen LogP contribution in [0.4, 0.5) is 8.78 Å². The summed E-state index contributed by atoms with van der Waals surface area (Å²) in [5, 5.41) is 0. The van der Waals surface area contributed by atoms with E-state index in [1.165, 1.54) is 25.7 Å². The van der Waals surface area contributed by atoms with Gasteiger partial charge in [0.25, 0.3) is 0 Å². The van der Waals surface area contributed by atoms with Crippen molar-refractivity contribution >= 4 is 6.08 Å². The molecule has 0 bridgehead atoms. The zero-order valence-corrected chi connectivity index (χ0v) is 15.1. The Balaban J connectivity index is 1.66. The summed E-state index contributed by atoms with van der Waals surface area (Å²) in [6.45, 7) is 0.352. The molecule has 1 aliphatic carbocycles. The van der Waals surface area contributed by atoms with Crippen LogP contribution in [-0.4, -0.2) is 19.3 Å². The predicted molar refractivity (Wildman–Crippen MR) is 97.9 cm³/mol. The number of allylic oxidation sites excluding steroid dienone is 1. The Bertz CT molecular complexity index is 491. The van der Waals surface area contributed by atoms with Crippen LogP contribution in [0.1, 0.15) is 63.9 Å². The minimum absolute atomic E-state index is 0.198. The zero-order chi connectivity index (χ0) is 17.9. The van der Waals surface area contributed by atoms with Gasteiger partial charge in [-0.15, -0.1) is 0 Å². The van der Waals surface area contributed by atoms with Crippen molar-refractivity contribution in [3.05, 3.63) is 35.9 Å². The fourth-order valence-corrected chi connectivity index (χ4v) is 3.23. The van der Waals surface area contributed by atoms with Crippen LogP contribution in [0.25, 0.3) is 6.08 Å². The molecule has 0 spiro atoms. The lowest BCUT2D eigenvalue weighted by Gasteiger charge is -2.27. The maximum Gasteiger partial charge on any atom is 0.387 e. The number of ether oxygens (including phenoxy) is 2. The first-order valence-corrected chi connectivity index (χ1v) is 9.52. The number of hydrogen-bond acceptors (Lipinski definition) is 2. The van der Waals surface area contributed by atoms with Crippen LogP contribution in [0.15, 0.2) is 30.3 Å². The molecule has 25 heavy (non-hydrogen) atoms. The minimum Gasteiger partial charge on any atom is -0.435 e. The summed E-state index contributed by atoms with van der Waals surface area (Å²) in [5.74, 6) is 0.778. The summed E-state index contributed by atoms with van der Waals surface area (Å²) in [6, 6.07) is 6.77. The molecule has 0 N–H and O–H groups in total. The van der Waals surface area contributed by atoms with E-state index in [0.29, 0.717) is 12.0 Å². The molecule has 2 nitrogen and oxygen atoms in total. The Morgan fingerprint density at radius 2 is 1.76 bits per heavy atom. The monoisotopic (exact) mass is 352 g/mol. The molecule has 0 unspecified atom stereocenters. The number of rotatable bonds is 10. The Kier molecular flexibility index (Phi) is 8.95. The molecular formula is C21H30F2O2. The Morgan fingerprint density at radius 3 is 2.40 bits per heavy atom. The second-order valence-corrected chi connectivity index (χ2v) is 6.77. The molecule has 0 aliphatic heterocycles. The van der Waals surface area contributed by atoms with Crippen LogP contribution in [0.3, 0.4) is 0 Å². The van der Waals surface area contributed by atoms with Crippen LogP contribution >= 0.6 is 0 Å². The van der Waals surface area contributed by atoms with E-state index < -0.39 is 6.61 Å². The van der Waals surface area contributed by atoms with Gasteiger partial charge >= 0.3 is 6.61 Å². The highest BCUT2D eigenvalue weighted by molar-refractivity contribution is 5.50. The highest BCUT2D eigenvalue weighted by Crippen LogP contribution is 2.28. The molecule has 1 aromatic rings. The third kappa shape index (κ3) is 8.00. The SMILES string of the molecule is CCCCCCOC1CCC(C=Cc2ccc(OC(F)F)cc2)CC1. The first-order valence-electron chi connectivity index (χ1n) is 9.52. The molecule has 140 valence electrons. The molecule has 2 rings (SSSR count). The largest absolute Gasteiger partial charge is 0.435 e. The molecule has 1 saturated carbocycles. The number of alkyl halides is 2. The lowest BCUT2D eigenvalue weighted by atomic mass is 9.87. The first-order chi connectivity index (χ1) is 12.2. The van der Waals surface area contributed by atoms with Gasteiger partial charge in [0.2, 0.25) is 0 Å². The van der Waals surface area contributed by atoms with Gasteiger partial charge in [-0.2, -0.15) is 8.78 Å². The number of hydrogen-bond donors (Lipinski definition) is 0. The van der Waals surface area contributed by atoms with Gasteiger partial charge in [-0.3, -0.25) is 0 Å². The molecule has 0 amide bonds. The molecule has 4 heteroatoms. The molecule has 0 heterocycles. The van der Waals surface area contributed by atoms with Gasteiger partial charge in [-0.05, 0) is 55.7 Å². The maximum absolute atomic E-state index is 12.1. The van der Waals surface area contributed by atoms with Crippen LogP contribution in [-0.2, 0) is 4.74 Å². The number of halogens is 2. The maximum atomic E-state index is 12.1.